The van der Waals surface area contributed by atoms with Crippen molar-refractivity contribution in [2.45, 2.75) is 6.42 Å². The lowest BCUT2D eigenvalue weighted by Crippen LogP contribution is -1.90. The summed E-state index contributed by atoms with van der Waals surface area (Å²) < 4.78 is 5.16. The smallest absolute Gasteiger partial charge is 0.258 e. The summed E-state index contributed by atoms with van der Waals surface area (Å²) in [6.07, 6.45) is 0.578. The lowest BCUT2D eigenvalue weighted by atomic mass is 10.1. The number of benzene rings is 2. The van der Waals surface area contributed by atoms with E-state index in [2.05, 4.69) is 10.1 Å². The Morgan fingerprint density at radius 3 is 2.50 bits per heavy atom. The van der Waals surface area contributed by atoms with Crippen molar-refractivity contribution in [2.24, 2.45) is 0 Å². The van der Waals surface area contributed by atoms with Crippen LogP contribution in [0.5, 0.6) is 11.5 Å². The van der Waals surface area contributed by atoms with Crippen molar-refractivity contribution in [1.29, 1.82) is 0 Å². The highest BCUT2D eigenvalue weighted by molar-refractivity contribution is 5.58. The number of phenols is 2. The topological polar surface area (TPSA) is 79.4 Å². The van der Waals surface area contributed by atoms with Crippen molar-refractivity contribution in [3.63, 3.8) is 0 Å². The van der Waals surface area contributed by atoms with E-state index in [1.807, 2.05) is 30.3 Å². The second-order valence-electron chi connectivity index (χ2n) is 4.38. The number of aromatic hydroxyl groups is 2. The zero-order valence-electron chi connectivity index (χ0n) is 10.5. The Bertz CT molecular complexity index is 723. The van der Waals surface area contributed by atoms with E-state index in [4.69, 9.17) is 4.52 Å². The molecule has 2 N–H and O–H groups in total. The largest absolute Gasteiger partial charge is 0.504 e. The van der Waals surface area contributed by atoms with Crippen LogP contribution in [0.25, 0.3) is 11.5 Å². The lowest BCUT2D eigenvalue weighted by molar-refractivity contribution is 0.402. The van der Waals surface area contributed by atoms with E-state index < -0.39 is 0 Å². The maximum atomic E-state index is 9.46. The summed E-state index contributed by atoms with van der Waals surface area (Å²) in [6, 6.07) is 14.2. The van der Waals surface area contributed by atoms with Crippen LogP contribution in [0, 0.1) is 0 Å². The minimum Gasteiger partial charge on any atom is -0.504 e. The van der Waals surface area contributed by atoms with Crippen LogP contribution in [0.1, 0.15) is 11.4 Å². The number of hydrogen-bond donors (Lipinski definition) is 2. The van der Waals surface area contributed by atoms with Gasteiger partial charge in [0.1, 0.15) is 0 Å². The van der Waals surface area contributed by atoms with Crippen molar-refractivity contribution in [3.05, 3.63) is 59.9 Å². The molecule has 5 heteroatoms. The molecule has 20 heavy (non-hydrogen) atoms. The first kappa shape index (κ1) is 12.2. The molecule has 2 aromatic carbocycles. The van der Waals surface area contributed by atoms with Crippen molar-refractivity contribution < 1.29 is 14.7 Å². The van der Waals surface area contributed by atoms with Crippen molar-refractivity contribution in [2.75, 3.05) is 0 Å². The summed E-state index contributed by atoms with van der Waals surface area (Å²) in [6.45, 7) is 0. The Kier molecular flexibility index (Phi) is 3.09. The fraction of sp³-hybridized carbons (Fsp3) is 0.0667. The van der Waals surface area contributed by atoms with Gasteiger partial charge in [-0.25, -0.2) is 0 Å². The SMILES string of the molecule is Oc1ccc(-c2nc(Cc3ccccc3)no2)cc1O. The first-order chi connectivity index (χ1) is 9.72. The van der Waals surface area contributed by atoms with Gasteiger partial charge in [0.2, 0.25) is 0 Å². The number of aromatic nitrogens is 2. The van der Waals surface area contributed by atoms with Gasteiger partial charge >= 0.3 is 0 Å². The molecule has 0 atom stereocenters. The second-order valence-corrected chi connectivity index (χ2v) is 4.38. The van der Waals surface area contributed by atoms with Gasteiger partial charge in [-0.3, -0.25) is 0 Å². The van der Waals surface area contributed by atoms with Gasteiger partial charge in [-0.05, 0) is 23.8 Å². The first-order valence-corrected chi connectivity index (χ1v) is 6.11. The molecule has 0 saturated carbocycles. The van der Waals surface area contributed by atoms with Gasteiger partial charge in [0.15, 0.2) is 17.3 Å². The van der Waals surface area contributed by atoms with Gasteiger partial charge in [-0.15, -0.1) is 0 Å². The van der Waals surface area contributed by atoms with Gasteiger partial charge < -0.3 is 14.7 Å². The van der Waals surface area contributed by atoms with Gasteiger partial charge in [0, 0.05) is 12.0 Å². The molecule has 0 saturated heterocycles. The van der Waals surface area contributed by atoms with Crippen LogP contribution in [0.2, 0.25) is 0 Å². The third-order valence-corrected chi connectivity index (χ3v) is 2.90. The zero-order valence-corrected chi connectivity index (χ0v) is 10.5. The highest BCUT2D eigenvalue weighted by atomic mass is 16.5. The molecule has 1 aromatic heterocycles. The number of phenolic OH excluding ortho intramolecular Hbond substituents is 2. The molecule has 5 nitrogen and oxygen atoms in total. The fourth-order valence-electron chi connectivity index (χ4n) is 1.88. The molecule has 0 fully saturated rings. The molecule has 0 radical (unpaired) electrons. The summed E-state index contributed by atoms with van der Waals surface area (Å²) in [5, 5.41) is 22.6. The standard InChI is InChI=1S/C15H12N2O3/c18-12-7-6-11(9-13(12)19)15-16-14(17-20-15)8-10-4-2-1-3-5-10/h1-7,9,18-19H,8H2. The number of nitrogens with zero attached hydrogens (tertiary/aromatic N) is 2. The predicted octanol–water partition coefficient (Wildman–Crippen LogP) is 2.74. The third kappa shape index (κ3) is 2.47. The molecule has 0 amide bonds. The van der Waals surface area contributed by atoms with Gasteiger partial charge in [0.05, 0.1) is 0 Å². The highest BCUT2D eigenvalue weighted by Crippen LogP contribution is 2.29. The Hall–Kier alpha value is -2.82. The van der Waals surface area contributed by atoms with Crippen molar-refractivity contribution >= 4 is 0 Å². The van der Waals surface area contributed by atoms with Crippen LogP contribution in [-0.2, 0) is 6.42 Å². The monoisotopic (exact) mass is 268 g/mol. The fourth-order valence-corrected chi connectivity index (χ4v) is 1.88. The van der Waals surface area contributed by atoms with Gasteiger partial charge in [-0.2, -0.15) is 4.98 Å². The molecule has 1 heterocycles. The van der Waals surface area contributed by atoms with Crippen LogP contribution < -0.4 is 0 Å². The molecule has 0 spiro atoms. The Morgan fingerprint density at radius 2 is 1.75 bits per heavy atom. The van der Waals surface area contributed by atoms with Crippen LogP contribution in [-0.4, -0.2) is 20.4 Å². The second kappa shape index (κ2) is 5.05. The quantitative estimate of drug-likeness (QED) is 0.714. The minimum absolute atomic E-state index is 0.183. The summed E-state index contributed by atoms with van der Waals surface area (Å²) in [7, 11) is 0. The number of rotatable bonds is 3. The van der Waals surface area contributed by atoms with E-state index in [-0.39, 0.29) is 11.5 Å². The maximum absolute atomic E-state index is 9.46. The van der Waals surface area contributed by atoms with E-state index in [9.17, 15) is 10.2 Å². The summed E-state index contributed by atoms with van der Waals surface area (Å²) >= 11 is 0. The molecule has 3 aromatic rings. The number of hydrogen-bond acceptors (Lipinski definition) is 5. The summed E-state index contributed by atoms with van der Waals surface area (Å²) in [4.78, 5) is 4.28. The van der Waals surface area contributed by atoms with Crippen LogP contribution in [0.15, 0.2) is 53.1 Å². The molecule has 3 rings (SSSR count). The molecule has 0 aliphatic carbocycles. The van der Waals surface area contributed by atoms with E-state index in [1.54, 1.807) is 6.07 Å². The van der Waals surface area contributed by atoms with E-state index in [1.165, 1.54) is 12.1 Å². The van der Waals surface area contributed by atoms with Crippen LogP contribution in [0.4, 0.5) is 0 Å². The first-order valence-electron chi connectivity index (χ1n) is 6.11. The normalized spacial score (nSPS) is 10.6. The Balaban J connectivity index is 1.84. The molecule has 0 aliphatic rings. The third-order valence-electron chi connectivity index (χ3n) is 2.90. The van der Waals surface area contributed by atoms with E-state index >= 15 is 0 Å². The molecule has 100 valence electrons. The molecule has 0 aliphatic heterocycles. The maximum Gasteiger partial charge on any atom is 0.258 e. The van der Waals surface area contributed by atoms with Crippen LogP contribution in [0.3, 0.4) is 0 Å². The predicted molar refractivity (Wildman–Crippen MR) is 72.3 cm³/mol. The average molecular weight is 268 g/mol. The van der Waals surface area contributed by atoms with Crippen molar-refractivity contribution in [1.82, 2.24) is 10.1 Å². The molecule has 0 bridgehead atoms. The van der Waals surface area contributed by atoms with Crippen LogP contribution >= 0.6 is 0 Å². The van der Waals surface area contributed by atoms with E-state index in [0.29, 0.717) is 23.7 Å². The molecular weight excluding hydrogens is 256 g/mol. The summed E-state index contributed by atoms with van der Waals surface area (Å²) in [5.74, 6) is 0.480. The Labute approximate surface area is 115 Å². The van der Waals surface area contributed by atoms with Crippen molar-refractivity contribution in [3.8, 4) is 23.0 Å². The Morgan fingerprint density at radius 1 is 0.950 bits per heavy atom. The van der Waals surface area contributed by atoms with Gasteiger partial charge in [0.25, 0.3) is 5.89 Å². The average Bonchev–Trinajstić information content (AvgIpc) is 2.91. The molecule has 0 unspecified atom stereocenters. The van der Waals surface area contributed by atoms with E-state index in [0.717, 1.165) is 5.56 Å². The lowest BCUT2D eigenvalue weighted by Gasteiger charge is -1.98. The minimum atomic E-state index is -0.217. The van der Waals surface area contributed by atoms with Gasteiger partial charge in [-0.1, -0.05) is 35.5 Å². The molecular formula is C15H12N2O3. The highest BCUT2D eigenvalue weighted by Gasteiger charge is 2.11. The zero-order chi connectivity index (χ0) is 13.9. The summed E-state index contributed by atoms with van der Waals surface area (Å²) in [5.41, 5.74) is 1.65.